The molecule has 0 N–H and O–H groups in total. The minimum Gasteiger partial charge on any atom is -0.334 e. The standard InChI is InChI=1S/C20H18N2OS/c1-14-2-4-15(5-3-14)12-22-9-8-16-10-17(19-11-21-13-24-19)6-7-18(16)20(22)23/h2-7,10-11,13H,8-9,12H2,1H3. The molecule has 120 valence electrons. The molecule has 1 aliphatic rings. The van der Waals surface area contributed by atoms with Gasteiger partial charge in [0.05, 0.1) is 10.4 Å². The largest absolute Gasteiger partial charge is 0.334 e. The second-order valence-electron chi connectivity index (χ2n) is 6.20. The van der Waals surface area contributed by atoms with Crippen LogP contribution in [0.3, 0.4) is 0 Å². The van der Waals surface area contributed by atoms with Gasteiger partial charge in [0, 0.05) is 24.8 Å². The number of thiazole rings is 1. The molecular formula is C20H18N2OS. The number of hydrogen-bond acceptors (Lipinski definition) is 3. The summed E-state index contributed by atoms with van der Waals surface area (Å²) < 4.78 is 0. The Kier molecular flexibility index (Phi) is 3.90. The van der Waals surface area contributed by atoms with Gasteiger partial charge >= 0.3 is 0 Å². The van der Waals surface area contributed by atoms with Crippen molar-refractivity contribution in [2.45, 2.75) is 19.9 Å². The lowest BCUT2D eigenvalue weighted by molar-refractivity contribution is 0.0727. The van der Waals surface area contributed by atoms with Crippen LogP contribution in [0.25, 0.3) is 10.4 Å². The van der Waals surface area contributed by atoms with Gasteiger partial charge in [-0.1, -0.05) is 35.9 Å². The molecule has 0 aliphatic carbocycles. The normalized spacial score (nSPS) is 13.9. The molecular weight excluding hydrogens is 316 g/mol. The van der Waals surface area contributed by atoms with E-state index in [2.05, 4.69) is 42.2 Å². The van der Waals surface area contributed by atoms with Gasteiger partial charge in [-0.05, 0) is 42.2 Å². The minimum absolute atomic E-state index is 0.132. The van der Waals surface area contributed by atoms with Gasteiger partial charge in [-0.25, -0.2) is 0 Å². The summed E-state index contributed by atoms with van der Waals surface area (Å²) in [6, 6.07) is 14.5. The number of carbonyl (C=O) groups is 1. The Morgan fingerprint density at radius 3 is 2.75 bits per heavy atom. The number of hydrogen-bond donors (Lipinski definition) is 0. The van der Waals surface area contributed by atoms with Gasteiger partial charge < -0.3 is 4.90 Å². The fourth-order valence-corrected chi connectivity index (χ4v) is 3.73. The molecule has 4 rings (SSSR count). The molecule has 0 spiro atoms. The highest BCUT2D eigenvalue weighted by Crippen LogP contribution is 2.28. The summed E-state index contributed by atoms with van der Waals surface area (Å²) in [5.41, 5.74) is 7.38. The van der Waals surface area contributed by atoms with E-state index >= 15 is 0 Å². The number of benzene rings is 2. The summed E-state index contributed by atoms with van der Waals surface area (Å²) in [5.74, 6) is 0.132. The van der Waals surface area contributed by atoms with Crippen LogP contribution < -0.4 is 0 Å². The third-order valence-corrected chi connectivity index (χ3v) is 5.31. The van der Waals surface area contributed by atoms with E-state index in [0.29, 0.717) is 6.54 Å². The minimum atomic E-state index is 0.132. The van der Waals surface area contributed by atoms with E-state index in [1.807, 2.05) is 28.7 Å². The van der Waals surface area contributed by atoms with Crippen LogP contribution in [0.5, 0.6) is 0 Å². The number of aryl methyl sites for hydroxylation is 1. The van der Waals surface area contributed by atoms with Crippen molar-refractivity contribution < 1.29 is 4.79 Å². The molecule has 2 heterocycles. The summed E-state index contributed by atoms with van der Waals surface area (Å²) >= 11 is 1.62. The SMILES string of the molecule is Cc1ccc(CN2CCc3cc(-c4cncs4)ccc3C2=O)cc1. The van der Waals surface area contributed by atoms with Gasteiger partial charge in [0.25, 0.3) is 5.91 Å². The number of carbonyl (C=O) groups excluding carboxylic acids is 1. The number of amides is 1. The lowest BCUT2D eigenvalue weighted by Gasteiger charge is -2.29. The average molecular weight is 334 g/mol. The van der Waals surface area contributed by atoms with E-state index in [-0.39, 0.29) is 5.91 Å². The van der Waals surface area contributed by atoms with E-state index < -0.39 is 0 Å². The van der Waals surface area contributed by atoms with Crippen LogP contribution in [0.4, 0.5) is 0 Å². The Balaban J connectivity index is 1.57. The predicted molar refractivity (Wildman–Crippen MR) is 97.2 cm³/mol. The summed E-state index contributed by atoms with van der Waals surface area (Å²) in [6.07, 6.45) is 2.78. The Hall–Kier alpha value is -2.46. The van der Waals surface area contributed by atoms with E-state index in [1.54, 1.807) is 11.3 Å². The zero-order valence-corrected chi connectivity index (χ0v) is 14.3. The van der Waals surface area contributed by atoms with Crippen LogP contribution in [-0.2, 0) is 13.0 Å². The van der Waals surface area contributed by atoms with Gasteiger partial charge in [-0.2, -0.15) is 0 Å². The van der Waals surface area contributed by atoms with Crippen molar-refractivity contribution >= 4 is 17.2 Å². The zero-order chi connectivity index (χ0) is 16.5. The van der Waals surface area contributed by atoms with Gasteiger partial charge in [-0.15, -0.1) is 11.3 Å². The second kappa shape index (κ2) is 6.21. The molecule has 1 aromatic heterocycles. The second-order valence-corrected chi connectivity index (χ2v) is 7.09. The Morgan fingerprint density at radius 2 is 2.00 bits per heavy atom. The molecule has 2 aromatic carbocycles. The van der Waals surface area contributed by atoms with Crippen LogP contribution in [0.15, 0.2) is 54.2 Å². The van der Waals surface area contributed by atoms with Crippen molar-refractivity contribution in [3.63, 3.8) is 0 Å². The number of fused-ring (bicyclic) bond motifs is 1. The maximum absolute atomic E-state index is 12.8. The summed E-state index contributed by atoms with van der Waals surface area (Å²) in [4.78, 5) is 20.0. The first-order valence-electron chi connectivity index (χ1n) is 8.07. The monoisotopic (exact) mass is 334 g/mol. The van der Waals surface area contributed by atoms with Crippen LogP contribution in [0.1, 0.15) is 27.0 Å². The third-order valence-electron chi connectivity index (χ3n) is 4.48. The molecule has 0 atom stereocenters. The molecule has 0 saturated carbocycles. The van der Waals surface area contributed by atoms with Gasteiger partial charge in [0.2, 0.25) is 0 Å². The summed E-state index contributed by atoms with van der Waals surface area (Å²) in [7, 11) is 0. The van der Waals surface area contributed by atoms with E-state index in [0.717, 1.165) is 34.5 Å². The molecule has 3 aromatic rings. The van der Waals surface area contributed by atoms with E-state index in [4.69, 9.17) is 0 Å². The third kappa shape index (κ3) is 2.85. The number of aromatic nitrogens is 1. The van der Waals surface area contributed by atoms with Crippen molar-refractivity contribution in [1.29, 1.82) is 0 Å². The molecule has 3 nitrogen and oxygen atoms in total. The smallest absolute Gasteiger partial charge is 0.254 e. The molecule has 1 amide bonds. The van der Waals surface area contributed by atoms with Crippen molar-refractivity contribution in [3.05, 3.63) is 76.4 Å². The molecule has 1 aliphatic heterocycles. The Labute approximate surface area is 145 Å². The van der Waals surface area contributed by atoms with Crippen molar-refractivity contribution in [2.24, 2.45) is 0 Å². The maximum Gasteiger partial charge on any atom is 0.254 e. The predicted octanol–water partition coefficient (Wildman–Crippen LogP) is 4.32. The van der Waals surface area contributed by atoms with Crippen LogP contribution in [-0.4, -0.2) is 22.3 Å². The van der Waals surface area contributed by atoms with E-state index in [9.17, 15) is 4.79 Å². The number of rotatable bonds is 3. The topological polar surface area (TPSA) is 33.2 Å². The van der Waals surface area contributed by atoms with Crippen molar-refractivity contribution in [3.8, 4) is 10.4 Å². The number of nitrogens with zero attached hydrogens (tertiary/aromatic N) is 2. The van der Waals surface area contributed by atoms with Gasteiger partial charge in [0.15, 0.2) is 0 Å². The molecule has 0 radical (unpaired) electrons. The van der Waals surface area contributed by atoms with Crippen LogP contribution in [0.2, 0.25) is 0 Å². The fourth-order valence-electron chi connectivity index (χ4n) is 3.11. The highest BCUT2D eigenvalue weighted by atomic mass is 32.1. The summed E-state index contributed by atoms with van der Waals surface area (Å²) in [6.45, 7) is 3.52. The molecule has 24 heavy (non-hydrogen) atoms. The van der Waals surface area contributed by atoms with E-state index in [1.165, 1.54) is 11.1 Å². The van der Waals surface area contributed by atoms with Crippen molar-refractivity contribution in [2.75, 3.05) is 6.54 Å². The molecule has 0 unspecified atom stereocenters. The molecule has 4 heteroatoms. The average Bonchev–Trinajstić information content (AvgIpc) is 3.14. The van der Waals surface area contributed by atoms with Gasteiger partial charge in [-0.3, -0.25) is 9.78 Å². The first-order chi connectivity index (χ1) is 11.7. The first kappa shape index (κ1) is 15.1. The lowest BCUT2D eigenvalue weighted by atomic mass is 9.96. The molecule has 0 fully saturated rings. The zero-order valence-electron chi connectivity index (χ0n) is 13.5. The summed E-state index contributed by atoms with van der Waals surface area (Å²) in [5, 5.41) is 0. The Morgan fingerprint density at radius 1 is 1.17 bits per heavy atom. The molecule has 0 saturated heterocycles. The van der Waals surface area contributed by atoms with Crippen LogP contribution in [0, 0.1) is 6.92 Å². The quantitative estimate of drug-likeness (QED) is 0.715. The Bertz CT molecular complexity index is 869. The van der Waals surface area contributed by atoms with Gasteiger partial charge in [0.1, 0.15) is 0 Å². The maximum atomic E-state index is 12.8. The lowest BCUT2D eigenvalue weighted by Crippen LogP contribution is -2.37. The highest BCUT2D eigenvalue weighted by molar-refractivity contribution is 7.13. The van der Waals surface area contributed by atoms with Crippen molar-refractivity contribution in [1.82, 2.24) is 9.88 Å². The molecule has 0 bridgehead atoms. The van der Waals surface area contributed by atoms with Crippen LogP contribution >= 0.6 is 11.3 Å². The first-order valence-corrected chi connectivity index (χ1v) is 8.95. The fraction of sp³-hybridized carbons (Fsp3) is 0.200. The highest BCUT2D eigenvalue weighted by Gasteiger charge is 2.24.